The molecular formula is C8H15N3O. The smallest absolute Gasteiger partial charge is 0.294 e. The SMILES string of the molecule is CCNc1ncc(CN(C)C)o1. The summed E-state index contributed by atoms with van der Waals surface area (Å²) in [5, 5.41) is 3.00. The Bertz CT molecular complexity index is 232. The van der Waals surface area contributed by atoms with Gasteiger partial charge in [-0.15, -0.1) is 0 Å². The highest BCUT2D eigenvalue weighted by Gasteiger charge is 2.02. The van der Waals surface area contributed by atoms with E-state index in [9.17, 15) is 0 Å². The quantitative estimate of drug-likeness (QED) is 0.734. The molecule has 0 fully saturated rings. The maximum Gasteiger partial charge on any atom is 0.294 e. The fourth-order valence-electron chi connectivity index (χ4n) is 0.925. The lowest BCUT2D eigenvalue weighted by atomic mass is 10.5. The number of oxazole rings is 1. The summed E-state index contributed by atoms with van der Waals surface area (Å²) in [7, 11) is 3.99. The van der Waals surface area contributed by atoms with Crippen LogP contribution in [0.1, 0.15) is 12.7 Å². The Labute approximate surface area is 72.6 Å². The largest absolute Gasteiger partial charge is 0.427 e. The van der Waals surface area contributed by atoms with Crippen molar-refractivity contribution in [3.05, 3.63) is 12.0 Å². The minimum atomic E-state index is 0.606. The minimum absolute atomic E-state index is 0.606. The summed E-state index contributed by atoms with van der Waals surface area (Å²) in [5.41, 5.74) is 0. The number of rotatable bonds is 4. The normalized spacial score (nSPS) is 10.7. The molecule has 4 heteroatoms. The van der Waals surface area contributed by atoms with Crippen molar-refractivity contribution >= 4 is 6.01 Å². The zero-order valence-electron chi connectivity index (χ0n) is 7.79. The third-order valence-corrected chi connectivity index (χ3v) is 1.35. The third kappa shape index (κ3) is 2.54. The Hall–Kier alpha value is -1.03. The van der Waals surface area contributed by atoms with Gasteiger partial charge in [-0.3, -0.25) is 0 Å². The predicted octanol–water partition coefficient (Wildman–Crippen LogP) is 1.17. The molecule has 1 N–H and O–H groups in total. The van der Waals surface area contributed by atoms with Gasteiger partial charge in [-0.1, -0.05) is 0 Å². The molecule has 1 aromatic rings. The molecule has 0 spiro atoms. The zero-order valence-corrected chi connectivity index (χ0v) is 7.79. The van der Waals surface area contributed by atoms with Gasteiger partial charge in [-0.2, -0.15) is 0 Å². The molecular weight excluding hydrogens is 154 g/mol. The van der Waals surface area contributed by atoms with Crippen LogP contribution < -0.4 is 5.32 Å². The fourth-order valence-corrected chi connectivity index (χ4v) is 0.925. The van der Waals surface area contributed by atoms with Crippen molar-refractivity contribution in [2.75, 3.05) is 26.0 Å². The second-order valence-corrected chi connectivity index (χ2v) is 2.90. The summed E-state index contributed by atoms with van der Waals surface area (Å²) in [6, 6.07) is 0.606. The molecule has 12 heavy (non-hydrogen) atoms. The van der Waals surface area contributed by atoms with E-state index in [1.165, 1.54) is 0 Å². The van der Waals surface area contributed by atoms with Crippen LogP contribution in [0.5, 0.6) is 0 Å². The first-order valence-electron chi connectivity index (χ1n) is 4.05. The molecule has 1 heterocycles. The number of nitrogens with zero attached hydrogens (tertiary/aromatic N) is 2. The highest BCUT2D eigenvalue weighted by molar-refractivity contribution is 5.19. The molecule has 0 aliphatic heterocycles. The zero-order chi connectivity index (χ0) is 8.97. The second-order valence-electron chi connectivity index (χ2n) is 2.90. The van der Waals surface area contributed by atoms with Crippen LogP contribution in [0.2, 0.25) is 0 Å². The van der Waals surface area contributed by atoms with E-state index in [0.717, 1.165) is 18.8 Å². The van der Waals surface area contributed by atoms with Gasteiger partial charge in [0.25, 0.3) is 6.01 Å². The molecule has 0 aliphatic rings. The van der Waals surface area contributed by atoms with Gasteiger partial charge in [0.2, 0.25) is 0 Å². The van der Waals surface area contributed by atoms with Gasteiger partial charge in [-0.05, 0) is 21.0 Å². The third-order valence-electron chi connectivity index (χ3n) is 1.35. The highest BCUT2D eigenvalue weighted by atomic mass is 16.4. The van der Waals surface area contributed by atoms with Crippen molar-refractivity contribution in [3.63, 3.8) is 0 Å². The van der Waals surface area contributed by atoms with Crippen LogP contribution in [0.3, 0.4) is 0 Å². The number of hydrogen-bond acceptors (Lipinski definition) is 4. The summed E-state index contributed by atoms with van der Waals surface area (Å²) < 4.78 is 5.37. The van der Waals surface area contributed by atoms with Gasteiger partial charge in [0.15, 0.2) is 0 Å². The average molecular weight is 169 g/mol. The summed E-state index contributed by atoms with van der Waals surface area (Å²) >= 11 is 0. The molecule has 0 atom stereocenters. The van der Waals surface area contributed by atoms with Crippen LogP contribution in [0.15, 0.2) is 10.6 Å². The second kappa shape index (κ2) is 4.11. The van der Waals surface area contributed by atoms with Gasteiger partial charge < -0.3 is 14.6 Å². The monoisotopic (exact) mass is 169 g/mol. The van der Waals surface area contributed by atoms with Crippen molar-refractivity contribution in [3.8, 4) is 0 Å². The maximum atomic E-state index is 5.37. The van der Waals surface area contributed by atoms with E-state index in [-0.39, 0.29) is 0 Å². The molecule has 0 saturated heterocycles. The van der Waals surface area contributed by atoms with Crippen LogP contribution in [0, 0.1) is 0 Å². The van der Waals surface area contributed by atoms with E-state index >= 15 is 0 Å². The van der Waals surface area contributed by atoms with Crippen molar-refractivity contribution in [1.82, 2.24) is 9.88 Å². The molecule has 0 radical (unpaired) electrons. The molecule has 68 valence electrons. The minimum Gasteiger partial charge on any atom is -0.427 e. The Morgan fingerprint density at radius 1 is 1.58 bits per heavy atom. The van der Waals surface area contributed by atoms with Crippen LogP contribution >= 0.6 is 0 Å². The first-order chi connectivity index (χ1) is 5.72. The first-order valence-corrected chi connectivity index (χ1v) is 4.05. The molecule has 1 rings (SSSR count). The summed E-state index contributed by atoms with van der Waals surface area (Å²) in [6.07, 6.45) is 1.75. The van der Waals surface area contributed by atoms with E-state index in [1.807, 2.05) is 25.9 Å². The Balaban J connectivity index is 2.52. The molecule has 0 bridgehead atoms. The van der Waals surface area contributed by atoms with E-state index < -0.39 is 0 Å². The Morgan fingerprint density at radius 3 is 2.92 bits per heavy atom. The number of anilines is 1. The number of hydrogen-bond donors (Lipinski definition) is 1. The highest BCUT2D eigenvalue weighted by Crippen LogP contribution is 2.09. The van der Waals surface area contributed by atoms with Crippen LogP contribution in [-0.4, -0.2) is 30.5 Å². The van der Waals surface area contributed by atoms with Crippen LogP contribution in [0.4, 0.5) is 6.01 Å². The average Bonchev–Trinajstić information content (AvgIpc) is 2.36. The fraction of sp³-hybridized carbons (Fsp3) is 0.625. The lowest BCUT2D eigenvalue weighted by Crippen LogP contribution is -2.09. The lowest BCUT2D eigenvalue weighted by molar-refractivity contribution is 0.353. The van der Waals surface area contributed by atoms with E-state index in [0.29, 0.717) is 6.01 Å². The Morgan fingerprint density at radius 2 is 2.33 bits per heavy atom. The van der Waals surface area contributed by atoms with Crippen molar-refractivity contribution in [1.29, 1.82) is 0 Å². The summed E-state index contributed by atoms with van der Waals surface area (Å²) in [4.78, 5) is 6.09. The molecule has 0 aliphatic carbocycles. The van der Waals surface area contributed by atoms with Gasteiger partial charge in [0.05, 0.1) is 12.7 Å². The molecule has 0 aromatic carbocycles. The number of aromatic nitrogens is 1. The van der Waals surface area contributed by atoms with Gasteiger partial charge in [-0.25, -0.2) is 4.98 Å². The van der Waals surface area contributed by atoms with E-state index in [1.54, 1.807) is 6.20 Å². The van der Waals surface area contributed by atoms with Crippen molar-refractivity contribution in [2.24, 2.45) is 0 Å². The summed E-state index contributed by atoms with van der Waals surface area (Å²) in [5.74, 6) is 0.885. The van der Waals surface area contributed by atoms with Gasteiger partial charge in [0, 0.05) is 6.54 Å². The van der Waals surface area contributed by atoms with E-state index in [2.05, 4.69) is 10.3 Å². The Kier molecular flexibility index (Phi) is 3.10. The predicted molar refractivity (Wildman–Crippen MR) is 48.1 cm³/mol. The van der Waals surface area contributed by atoms with E-state index in [4.69, 9.17) is 4.42 Å². The maximum absolute atomic E-state index is 5.37. The standard InChI is InChI=1S/C8H15N3O/c1-4-9-8-10-5-7(12-8)6-11(2)3/h5H,4,6H2,1-3H3,(H,9,10). The van der Waals surface area contributed by atoms with Crippen LogP contribution in [0.25, 0.3) is 0 Å². The van der Waals surface area contributed by atoms with Gasteiger partial charge in [0.1, 0.15) is 5.76 Å². The van der Waals surface area contributed by atoms with Crippen molar-refractivity contribution < 1.29 is 4.42 Å². The molecule has 0 saturated carbocycles. The molecule has 1 aromatic heterocycles. The summed E-state index contributed by atoms with van der Waals surface area (Å²) in [6.45, 7) is 3.64. The topological polar surface area (TPSA) is 41.3 Å². The van der Waals surface area contributed by atoms with Crippen molar-refractivity contribution in [2.45, 2.75) is 13.5 Å². The number of nitrogens with one attached hydrogen (secondary N) is 1. The van der Waals surface area contributed by atoms with Gasteiger partial charge >= 0.3 is 0 Å². The first kappa shape index (κ1) is 9.06. The van der Waals surface area contributed by atoms with Crippen LogP contribution in [-0.2, 0) is 6.54 Å². The lowest BCUT2D eigenvalue weighted by Gasteiger charge is -2.04. The molecule has 0 unspecified atom stereocenters. The molecule has 0 amide bonds. The molecule has 4 nitrogen and oxygen atoms in total.